The van der Waals surface area contributed by atoms with Crippen molar-refractivity contribution in [3.8, 4) is 0 Å². The van der Waals surface area contributed by atoms with Crippen molar-refractivity contribution in [2.45, 2.75) is 38.3 Å². The zero-order valence-corrected chi connectivity index (χ0v) is 10.2. The summed E-state index contributed by atoms with van der Waals surface area (Å²) in [7, 11) is 1.73. The number of nitrogens with zero attached hydrogens (tertiary/aromatic N) is 1. The maximum Gasteiger partial charge on any atom is 0.226 e. The van der Waals surface area contributed by atoms with Gasteiger partial charge >= 0.3 is 0 Å². The Morgan fingerprint density at radius 2 is 2.19 bits per heavy atom. The second-order valence-corrected chi connectivity index (χ2v) is 5.12. The van der Waals surface area contributed by atoms with Crippen LogP contribution in [-0.2, 0) is 9.53 Å². The highest BCUT2D eigenvalue weighted by Gasteiger charge is 2.44. The highest BCUT2D eigenvalue weighted by Crippen LogP contribution is 2.40. The zero-order chi connectivity index (χ0) is 11.7. The van der Waals surface area contributed by atoms with Gasteiger partial charge in [-0.15, -0.1) is 0 Å². The molecule has 1 amide bonds. The Morgan fingerprint density at radius 1 is 1.50 bits per heavy atom. The quantitative estimate of drug-likeness (QED) is 0.767. The second kappa shape index (κ2) is 4.72. The van der Waals surface area contributed by atoms with Crippen molar-refractivity contribution in [3.63, 3.8) is 0 Å². The summed E-state index contributed by atoms with van der Waals surface area (Å²) in [6.07, 6.45) is 3.16. The summed E-state index contributed by atoms with van der Waals surface area (Å²) in [5.41, 5.74) is 5.75. The molecule has 2 rings (SSSR count). The van der Waals surface area contributed by atoms with Gasteiger partial charge in [-0.3, -0.25) is 4.79 Å². The van der Waals surface area contributed by atoms with E-state index in [-0.39, 0.29) is 18.1 Å². The van der Waals surface area contributed by atoms with Crippen LogP contribution in [0.5, 0.6) is 0 Å². The number of ether oxygens (including phenoxy) is 1. The summed E-state index contributed by atoms with van der Waals surface area (Å²) in [6.45, 7) is 3.50. The summed E-state index contributed by atoms with van der Waals surface area (Å²) in [5, 5.41) is 0. The third-order valence-corrected chi connectivity index (χ3v) is 3.98. The fraction of sp³-hybridized carbons (Fsp3) is 0.917. The third kappa shape index (κ3) is 2.23. The molecule has 4 nitrogen and oxygen atoms in total. The number of rotatable bonds is 3. The van der Waals surface area contributed by atoms with Crippen molar-refractivity contribution in [1.29, 1.82) is 0 Å². The maximum atomic E-state index is 12.2. The molecule has 4 atom stereocenters. The first-order chi connectivity index (χ1) is 7.67. The SMILES string of the molecule is COC1CCN(C(=O)C2CC2C)C(CN)C1. The first kappa shape index (κ1) is 11.9. The molecule has 0 bridgehead atoms. The Morgan fingerprint density at radius 3 is 2.69 bits per heavy atom. The monoisotopic (exact) mass is 226 g/mol. The number of methoxy groups -OCH3 is 1. The van der Waals surface area contributed by atoms with Gasteiger partial charge in [0.2, 0.25) is 5.91 Å². The van der Waals surface area contributed by atoms with Crippen LogP contribution in [-0.4, -0.2) is 43.2 Å². The Balaban J connectivity index is 1.95. The van der Waals surface area contributed by atoms with E-state index in [0.29, 0.717) is 18.4 Å². The molecule has 0 aromatic heterocycles. The van der Waals surface area contributed by atoms with Gasteiger partial charge in [-0.25, -0.2) is 0 Å². The number of hydrogen-bond acceptors (Lipinski definition) is 3. The lowest BCUT2D eigenvalue weighted by molar-refractivity contribution is -0.138. The summed E-state index contributed by atoms with van der Waals surface area (Å²) >= 11 is 0. The molecular weight excluding hydrogens is 204 g/mol. The molecule has 1 saturated heterocycles. The number of likely N-dealkylation sites (tertiary alicyclic amines) is 1. The molecular formula is C12H22N2O2. The van der Waals surface area contributed by atoms with Crippen molar-refractivity contribution in [2.75, 3.05) is 20.2 Å². The minimum Gasteiger partial charge on any atom is -0.381 e. The predicted octanol–water partition coefficient (Wildman–Crippen LogP) is 0.607. The Labute approximate surface area is 97.1 Å². The van der Waals surface area contributed by atoms with E-state index in [4.69, 9.17) is 10.5 Å². The van der Waals surface area contributed by atoms with Crippen molar-refractivity contribution < 1.29 is 9.53 Å². The molecule has 16 heavy (non-hydrogen) atoms. The number of piperidine rings is 1. The lowest BCUT2D eigenvalue weighted by atomic mass is 9.98. The van der Waals surface area contributed by atoms with Crippen LogP contribution in [0.1, 0.15) is 26.2 Å². The Hall–Kier alpha value is -0.610. The zero-order valence-electron chi connectivity index (χ0n) is 10.2. The topological polar surface area (TPSA) is 55.6 Å². The van der Waals surface area contributed by atoms with Gasteiger partial charge < -0.3 is 15.4 Å². The molecule has 4 heteroatoms. The van der Waals surface area contributed by atoms with E-state index in [9.17, 15) is 4.79 Å². The number of hydrogen-bond donors (Lipinski definition) is 1. The minimum atomic E-state index is 0.180. The van der Waals surface area contributed by atoms with Crippen LogP contribution in [0.15, 0.2) is 0 Å². The number of carbonyl (C=O) groups excluding carboxylic acids is 1. The van der Waals surface area contributed by atoms with Crippen LogP contribution in [0.2, 0.25) is 0 Å². The van der Waals surface area contributed by atoms with Gasteiger partial charge in [-0.05, 0) is 25.2 Å². The van der Waals surface area contributed by atoms with Crippen molar-refractivity contribution in [2.24, 2.45) is 17.6 Å². The van der Waals surface area contributed by atoms with Gasteiger partial charge in [-0.1, -0.05) is 6.92 Å². The van der Waals surface area contributed by atoms with Crippen LogP contribution in [0.3, 0.4) is 0 Å². The van der Waals surface area contributed by atoms with Crippen LogP contribution >= 0.6 is 0 Å². The van der Waals surface area contributed by atoms with Crippen LogP contribution < -0.4 is 5.73 Å². The molecule has 1 aliphatic carbocycles. The number of nitrogens with two attached hydrogens (primary N) is 1. The first-order valence-corrected chi connectivity index (χ1v) is 6.20. The standard InChI is InChI=1S/C12H22N2O2/c1-8-5-11(8)12(15)14-4-3-10(16-2)6-9(14)7-13/h8-11H,3-7,13H2,1-2H3. The molecule has 2 aliphatic rings. The molecule has 92 valence electrons. The molecule has 0 spiro atoms. The minimum absolute atomic E-state index is 0.180. The molecule has 4 unspecified atom stereocenters. The Bertz CT molecular complexity index is 270. The van der Waals surface area contributed by atoms with E-state index >= 15 is 0 Å². The van der Waals surface area contributed by atoms with E-state index in [1.165, 1.54) is 0 Å². The average Bonchev–Trinajstić information content (AvgIpc) is 3.04. The summed E-state index contributed by atoms with van der Waals surface area (Å²) in [6, 6.07) is 0.180. The highest BCUT2D eigenvalue weighted by molar-refractivity contribution is 5.82. The fourth-order valence-corrected chi connectivity index (χ4v) is 2.62. The number of amides is 1. The molecule has 0 aromatic rings. The smallest absolute Gasteiger partial charge is 0.226 e. The predicted molar refractivity (Wildman–Crippen MR) is 61.9 cm³/mol. The van der Waals surface area contributed by atoms with E-state index < -0.39 is 0 Å². The average molecular weight is 226 g/mol. The van der Waals surface area contributed by atoms with Crippen molar-refractivity contribution in [3.05, 3.63) is 0 Å². The molecule has 0 radical (unpaired) electrons. The normalized spacial score (nSPS) is 38.6. The lowest BCUT2D eigenvalue weighted by Gasteiger charge is -2.38. The summed E-state index contributed by atoms with van der Waals surface area (Å²) in [4.78, 5) is 14.2. The van der Waals surface area contributed by atoms with Gasteiger partial charge in [0.15, 0.2) is 0 Å². The largest absolute Gasteiger partial charge is 0.381 e. The van der Waals surface area contributed by atoms with Crippen molar-refractivity contribution >= 4 is 5.91 Å². The molecule has 2 fully saturated rings. The summed E-state index contributed by atoms with van der Waals surface area (Å²) in [5.74, 6) is 1.16. The number of carbonyl (C=O) groups is 1. The molecule has 0 aromatic carbocycles. The fourth-order valence-electron chi connectivity index (χ4n) is 2.62. The lowest BCUT2D eigenvalue weighted by Crippen LogP contribution is -2.51. The van der Waals surface area contributed by atoms with E-state index in [2.05, 4.69) is 6.92 Å². The van der Waals surface area contributed by atoms with Crippen molar-refractivity contribution in [1.82, 2.24) is 4.90 Å². The molecule has 1 aliphatic heterocycles. The van der Waals surface area contributed by atoms with E-state index in [1.54, 1.807) is 7.11 Å². The maximum absolute atomic E-state index is 12.2. The van der Waals surface area contributed by atoms with E-state index in [0.717, 1.165) is 25.8 Å². The third-order valence-electron chi connectivity index (χ3n) is 3.98. The second-order valence-electron chi connectivity index (χ2n) is 5.12. The van der Waals surface area contributed by atoms with Gasteiger partial charge in [0.05, 0.1) is 6.10 Å². The van der Waals surface area contributed by atoms with Crippen LogP contribution in [0.25, 0.3) is 0 Å². The van der Waals surface area contributed by atoms with E-state index in [1.807, 2.05) is 4.90 Å². The molecule has 1 heterocycles. The highest BCUT2D eigenvalue weighted by atomic mass is 16.5. The van der Waals surface area contributed by atoms with Gasteiger partial charge in [0, 0.05) is 32.2 Å². The molecule has 2 N–H and O–H groups in total. The van der Waals surface area contributed by atoms with Crippen LogP contribution in [0.4, 0.5) is 0 Å². The Kier molecular flexibility index (Phi) is 3.50. The molecule has 1 saturated carbocycles. The van der Waals surface area contributed by atoms with Gasteiger partial charge in [0.1, 0.15) is 0 Å². The van der Waals surface area contributed by atoms with Crippen LogP contribution in [0, 0.1) is 11.8 Å². The summed E-state index contributed by atoms with van der Waals surface area (Å²) < 4.78 is 5.35. The first-order valence-electron chi connectivity index (χ1n) is 6.20. The van der Waals surface area contributed by atoms with Gasteiger partial charge in [0.25, 0.3) is 0 Å². The van der Waals surface area contributed by atoms with Gasteiger partial charge in [-0.2, -0.15) is 0 Å².